The molecule has 0 amide bonds. The van der Waals surface area contributed by atoms with Gasteiger partial charge in [0.15, 0.2) is 0 Å². The molecule has 0 spiro atoms. The van der Waals surface area contributed by atoms with Gasteiger partial charge in [0.1, 0.15) is 11.9 Å². The molecule has 8 atom stereocenters. The van der Waals surface area contributed by atoms with Crippen molar-refractivity contribution < 1.29 is 29.3 Å². The first-order valence-corrected chi connectivity index (χ1v) is 13.2. The number of ether oxygens (including phenoxy) is 2. The molecule has 190 valence electrons. The van der Waals surface area contributed by atoms with Crippen molar-refractivity contribution in [2.45, 2.75) is 104 Å². The fraction of sp³-hybridized carbons (Fsp3) is 0.731. The Morgan fingerprint density at radius 2 is 1.94 bits per heavy atom. The molecule has 1 aromatic heterocycles. The zero-order valence-electron chi connectivity index (χ0n) is 21.1. The highest BCUT2D eigenvalue weighted by molar-refractivity contribution is 7.09. The molecule has 0 aromatic carbocycles. The largest absolute Gasteiger partial charge is 0.458 e. The van der Waals surface area contributed by atoms with E-state index in [-0.39, 0.29) is 29.8 Å². The molecular weight excluding hydrogens is 454 g/mol. The summed E-state index contributed by atoms with van der Waals surface area (Å²) in [5.41, 5.74) is 1.39. The summed E-state index contributed by atoms with van der Waals surface area (Å²) in [7, 11) is 0. The Hall–Kier alpha value is -1.61. The van der Waals surface area contributed by atoms with Crippen LogP contribution in [0.4, 0.5) is 0 Å². The molecule has 2 aliphatic heterocycles. The van der Waals surface area contributed by atoms with Gasteiger partial charge in [0.2, 0.25) is 0 Å². The first-order valence-electron chi connectivity index (χ1n) is 12.3. The van der Waals surface area contributed by atoms with Gasteiger partial charge in [-0.2, -0.15) is 0 Å². The average molecular weight is 494 g/mol. The molecule has 2 N–H and O–H groups in total. The highest BCUT2D eigenvalue weighted by Crippen LogP contribution is 2.45. The predicted molar refractivity (Wildman–Crippen MR) is 131 cm³/mol. The number of aromatic nitrogens is 1. The van der Waals surface area contributed by atoms with Crippen LogP contribution in [-0.4, -0.2) is 57.0 Å². The zero-order chi connectivity index (χ0) is 25.2. The molecule has 0 saturated carbocycles. The van der Waals surface area contributed by atoms with E-state index in [9.17, 15) is 19.8 Å². The van der Waals surface area contributed by atoms with E-state index in [0.717, 1.165) is 35.5 Å². The number of aliphatic hydroxyl groups excluding tert-OH is 2. The molecule has 3 heterocycles. The van der Waals surface area contributed by atoms with Gasteiger partial charge in [0.05, 0.1) is 41.0 Å². The number of nitrogens with zero attached hydrogens (tertiary/aromatic N) is 1. The Morgan fingerprint density at radius 3 is 2.59 bits per heavy atom. The van der Waals surface area contributed by atoms with E-state index in [2.05, 4.69) is 11.9 Å². The van der Waals surface area contributed by atoms with Gasteiger partial charge in [0.25, 0.3) is 0 Å². The highest BCUT2D eigenvalue weighted by Gasteiger charge is 2.52. The summed E-state index contributed by atoms with van der Waals surface area (Å²) < 4.78 is 11.9. The number of hydrogen-bond donors (Lipinski definition) is 2. The van der Waals surface area contributed by atoms with Gasteiger partial charge >= 0.3 is 5.97 Å². The molecule has 34 heavy (non-hydrogen) atoms. The SMILES string of the molecule is C/C(=C\c1csc(C)n1)[C@@H]1C[C@@H]2O[C@]2(C)CCC[C@H](C)[C@H](O)[C@@H](C)C(=O)C(C)[C@@H](O)CC(=O)O1. The highest BCUT2D eigenvalue weighted by atomic mass is 32.1. The molecule has 0 bridgehead atoms. The maximum absolute atomic E-state index is 12.9. The molecule has 7 nitrogen and oxygen atoms in total. The van der Waals surface area contributed by atoms with Gasteiger partial charge in [-0.3, -0.25) is 9.59 Å². The first-order chi connectivity index (χ1) is 15.9. The lowest BCUT2D eigenvalue weighted by Crippen LogP contribution is -2.39. The van der Waals surface area contributed by atoms with Crippen LogP contribution in [0.5, 0.6) is 0 Å². The van der Waals surface area contributed by atoms with E-state index < -0.39 is 36.1 Å². The molecule has 0 aliphatic carbocycles. The van der Waals surface area contributed by atoms with Crippen molar-refractivity contribution in [3.63, 3.8) is 0 Å². The van der Waals surface area contributed by atoms with Gasteiger partial charge in [0, 0.05) is 23.6 Å². The van der Waals surface area contributed by atoms with E-state index in [4.69, 9.17) is 9.47 Å². The number of carbonyl (C=O) groups excluding carboxylic acids is 2. The van der Waals surface area contributed by atoms with E-state index in [1.165, 1.54) is 0 Å². The van der Waals surface area contributed by atoms with Gasteiger partial charge in [-0.1, -0.05) is 27.2 Å². The Bertz CT molecular complexity index is 913. The van der Waals surface area contributed by atoms with Crippen LogP contribution in [0.1, 0.15) is 77.4 Å². The fourth-order valence-electron chi connectivity index (χ4n) is 4.87. The molecular formula is C26H39NO6S. The number of cyclic esters (lactones) is 1. The fourth-order valence-corrected chi connectivity index (χ4v) is 5.44. The molecule has 1 unspecified atom stereocenters. The number of fused-ring (bicyclic) bond motifs is 1. The lowest BCUT2D eigenvalue weighted by atomic mass is 9.81. The van der Waals surface area contributed by atoms with Crippen LogP contribution in [-0.2, 0) is 19.1 Å². The Labute approximate surface area is 206 Å². The standard InChI is InChI=1S/C26H39NO6S/c1-14-8-7-9-26(6)22(33-26)12-21(15(2)10-19-13-34-18(5)27-19)32-23(29)11-20(28)16(3)25(31)17(4)24(14)30/h10,13-14,16-17,20-22,24,28,30H,7-9,11-12H2,1-6H3/b15-10+/t14-,16?,17+,20-,21-,22-,24-,26+/m0/s1. The van der Waals surface area contributed by atoms with Crippen molar-refractivity contribution in [1.82, 2.24) is 4.98 Å². The van der Waals surface area contributed by atoms with E-state index >= 15 is 0 Å². The Balaban J connectivity index is 1.81. The minimum absolute atomic E-state index is 0.0386. The van der Waals surface area contributed by atoms with Crippen molar-refractivity contribution in [3.8, 4) is 0 Å². The number of ketones is 1. The van der Waals surface area contributed by atoms with Crippen molar-refractivity contribution >= 4 is 29.2 Å². The summed E-state index contributed by atoms with van der Waals surface area (Å²) in [6, 6.07) is 0. The van der Waals surface area contributed by atoms with Crippen LogP contribution in [0.2, 0.25) is 0 Å². The van der Waals surface area contributed by atoms with Crippen LogP contribution < -0.4 is 0 Å². The number of aliphatic hydroxyl groups is 2. The average Bonchev–Trinajstić information content (AvgIpc) is 3.22. The van der Waals surface area contributed by atoms with Gasteiger partial charge in [-0.25, -0.2) is 4.98 Å². The molecule has 2 aliphatic rings. The van der Waals surface area contributed by atoms with Crippen molar-refractivity contribution in [2.24, 2.45) is 17.8 Å². The number of hydrogen-bond acceptors (Lipinski definition) is 8. The third-order valence-corrected chi connectivity index (χ3v) is 8.33. The van der Waals surface area contributed by atoms with Crippen molar-refractivity contribution in [3.05, 3.63) is 21.7 Å². The summed E-state index contributed by atoms with van der Waals surface area (Å²) in [4.78, 5) is 30.2. The summed E-state index contributed by atoms with van der Waals surface area (Å²) in [5, 5.41) is 24.2. The number of carbonyl (C=O) groups is 2. The van der Waals surface area contributed by atoms with Crippen LogP contribution in [0.15, 0.2) is 11.0 Å². The number of esters is 1. The molecule has 2 saturated heterocycles. The maximum Gasteiger partial charge on any atom is 0.309 e. The Morgan fingerprint density at radius 1 is 1.24 bits per heavy atom. The predicted octanol–water partition coefficient (Wildman–Crippen LogP) is 4.09. The molecule has 3 rings (SSSR count). The normalized spacial score (nSPS) is 38.8. The van der Waals surface area contributed by atoms with E-state index in [1.807, 2.05) is 32.2 Å². The number of thiazole rings is 1. The second kappa shape index (κ2) is 11.0. The third kappa shape index (κ3) is 6.53. The van der Waals surface area contributed by atoms with E-state index in [1.54, 1.807) is 25.2 Å². The maximum atomic E-state index is 12.9. The quantitative estimate of drug-likeness (QED) is 0.472. The second-order valence-corrected chi connectivity index (χ2v) is 11.5. The van der Waals surface area contributed by atoms with Crippen LogP contribution in [0.3, 0.4) is 0 Å². The lowest BCUT2D eigenvalue weighted by molar-refractivity contribution is -0.151. The lowest BCUT2D eigenvalue weighted by Gasteiger charge is -2.28. The molecule has 8 heteroatoms. The summed E-state index contributed by atoms with van der Waals surface area (Å²) in [6.45, 7) is 11.2. The van der Waals surface area contributed by atoms with Crippen LogP contribution in [0, 0.1) is 24.7 Å². The number of aryl methyl sites for hydroxylation is 1. The van der Waals surface area contributed by atoms with Gasteiger partial charge in [-0.05, 0) is 51.2 Å². The topological polar surface area (TPSA) is 109 Å². The van der Waals surface area contributed by atoms with Crippen LogP contribution >= 0.6 is 11.3 Å². The molecule has 1 aromatic rings. The van der Waals surface area contributed by atoms with Crippen molar-refractivity contribution in [2.75, 3.05) is 0 Å². The third-order valence-electron chi connectivity index (χ3n) is 7.54. The minimum Gasteiger partial charge on any atom is -0.458 e. The first kappa shape index (κ1) is 27.0. The smallest absolute Gasteiger partial charge is 0.309 e. The number of epoxide rings is 1. The number of Topliss-reactive ketones (excluding diaryl/α,β-unsaturated/α-hetero) is 1. The van der Waals surface area contributed by atoms with E-state index in [0.29, 0.717) is 6.42 Å². The number of rotatable bonds is 2. The Kier molecular flexibility index (Phi) is 8.71. The van der Waals surface area contributed by atoms with Gasteiger partial charge < -0.3 is 19.7 Å². The van der Waals surface area contributed by atoms with Crippen LogP contribution in [0.25, 0.3) is 6.08 Å². The summed E-state index contributed by atoms with van der Waals surface area (Å²) >= 11 is 1.56. The minimum atomic E-state index is -1.17. The zero-order valence-corrected chi connectivity index (χ0v) is 21.9. The van der Waals surface area contributed by atoms with Crippen molar-refractivity contribution in [1.29, 1.82) is 0 Å². The van der Waals surface area contributed by atoms with Gasteiger partial charge in [-0.15, -0.1) is 11.3 Å². The summed E-state index contributed by atoms with van der Waals surface area (Å²) in [6.07, 6.45) is 2.12. The second-order valence-electron chi connectivity index (χ2n) is 10.4. The molecule has 2 fully saturated rings. The monoisotopic (exact) mass is 493 g/mol. The summed E-state index contributed by atoms with van der Waals surface area (Å²) in [5.74, 6) is -2.25. The molecule has 0 radical (unpaired) electrons.